The summed E-state index contributed by atoms with van der Waals surface area (Å²) < 4.78 is 1.69. The molecule has 0 radical (unpaired) electrons. The van der Waals surface area contributed by atoms with Gasteiger partial charge in [0.15, 0.2) is 0 Å². The molecule has 4 bridgehead atoms. The minimum Gasteiger partial charge on any atom is -0.352 e. The second-order valence-corrected chi connectivity index (χ2v) is 9.46. The van der Waals surface area contributed by atoms with Gasteiger partial charge in [-0.3, -0.25) is 4.79 Å². The van der Waals surface area contributed by atoms with Crippen LogP contribution in [0.4, 0.5) is 0 Å². The number of carbonyl (C=O) groups is 1. The molecular formula is C20H25N5OS. The van der Waals surface area contributed by atoms with Crippen LogP contribution < -0.4 is 5.32 Å². The lowest BCUT2D eigenvalue weighted by Crippen LogP contribution is -2.56. The molecule has 142 valence electrons. The Kier molecular flexibility index (Phi) is 4.42. The van der Waals surface area contributed by atoms with E-state index in [0.717, 1.165) is 17.5 Å². The van der Waals surface area contributed by atoms with Crippen molar-refractivity contribution in [3.05, 3.63) is 29.8 Å². The quantitative estimate of drug-likeness (QED) is 0.804. The summed E-state index contributed by atoms with van der Waals surface area (Å²) in [6.07, 6.45) is 6.70. The summed E-state index contributed by atoms with van der Waals surface area (Å²) in [6.45, 7) is 2.05. The van der Waals surface area contributed by atoms with Crippen molar-refractivity contribution in [1.29, 1.82) is 0 Å². The number of amides is 1. The third-order valence-corrected chi connectivity index (χ3v) is 7.53. The minimum atomic E-state index is 0.107. The number of nitrogens with zero attached hydrogens (tertiary/aromatic N) is 4. The average Bonchev–Trinajstić information content (AvgIpc) is 3.11. The molecule has 1 amide bonds. The predicted molar refractivity (Wildman–Crippen MR) is 104 cm³/mol. The summed E-state index contributed by atoms with van der Waals surface area (Å²) in [7, 11) is 0. The Labute approximate surface area is 163 Å². The third-order valence-electron chi connectivity index (χ3n) is 6.61. The largest absolute Gasteiger partial charge is 0.352 e. The molecule has 4 aliphatic rings. The summed E-state index contributed by atoms with van der Waals surface area (Å²) in [5.41, 5.74) is 2.10. The molecule has 1 N–H and O–H groups in total. The first-order valence-corrected chi connectivity index (χ1v) is 10.9. The maximum absolute atomic E-state index is 12.6. The number of thioether (sulfide) groups is 1. The SMILES string of the molecule is Cc1ccc(-n2nnnc2SCC(=O)NC2C3CC4CC(C3)CC2C4)cc1. The van der Waals surface area contributed by atoms with Crippen LogP contribution in [0.1, 0.15) is 37.7 Å². The maximum Gasteiger partial charge on any atom is 0.230 e. The fourth-order valence-corrected chi connectivity index (χ4v) is 6.34. The molecule has 0 atom stereocenters. The first-order chi connectivity index (χ1) is 13.2. The van der Waals surface area contributed by atoms with E-state index in [1.54, 1.807) is 4.68 Å². The Morgan fingerprint density at radius 3 is 2.44 bits per heavy atom. The second kappa shape index (κ2) is 6.93. The molecule has 0 unspecified atom stereocenters. The first-order valence-electron chi connectivity index (χ1n) is 9.93. The lowest BCUT2D eigenvalue weighted by molar-refractivity contribution is -0.122. The lowest BCUT2D eigenvalue weighted by Gasteiger charge is -2.54. The standard InChI is InChI=1S/C20H25N5OS/c1-12-2-4-17(5-3-12)25-20(22-23-24-25)27-11-18(26)21-19-15-7-13-6-14(9-15)10-16(19)8-13/h2-5,13-16,19H,6-11H2,1H3,(H,21,26). The molecule has 7 heteroatoms. The summed E-state index contributed by atoms with van der Waals surface area (Å²) in [6, 6.07) is 8.43. The van der Waals surface area contributed by atoms with Crippen molar-refractivity contribution in [2.24, 2.45) is 23.7 Å². The number of tetrazole rings is 1. The van der Waals surface area contributed by atoms with Gasteiger partial charge in [-0.25, -0.2) is 0 Å². The summed E-state index contributed by atoms with van der Waals surface area (Å²) in [5, 5.41) is 16.0. The molecular weight excluding hydrogens is 358 g/mol. The molecule has 0 spiro atoms. The Hall–Kier alpha value is -1.89. The molecule has 0 saturated heterocycles. The Morgan fingerprint density at radius 2 is 1.78 bits per heavy atom. The van der Waals surface area contributed by atoms with Gasteiger partial charge < -0.3 is 5.32 Å². The summed E-state index contributed by atoms with van der Waals surface area (Å²) in [4.78, 5) is 12.6. The molecule has 27 heavy (non-hydrogen) atoms. The minimum absolute atomic E-state index is 0.107. The Bertz CT molecular complexity index is 805. The number of nitrogens with one attached hydrogen (secondary N) is 1. The van der Waals surface area contributed by atoms with Gasteiger partial charge in [0, 0.05) is 6.04 Å². The predicted octanol–water partition coefficient (Wildman–Crippen LogP) is 3.00. The number of aryl methyl sites for hydroxylation is 1. The zero-order valence-corrected chi connectivity index (χ0v) is 16.4. The van der Waals surface area contributed by atoms with E-state index in [1.165, 1.54) is 49.4 Å². The van der Waals surface area contributed by atoms with Gasteiger partial charge in [-0.1, -0.05) is 29.5 Å². The molecule has 1 aromatic heterocycles. The van der Waals surface area contributed by atoms with Crippen LogP contribution in [0.2, 0.25) is 0 Å². The van der Waals surface area contributed by atoms with Gasteiger partial charge in [0.2, 0.25) is 11.1 Å². The van der Waals surface area contributed by atoms with E-state index < -0.39 is 0 Å². The maximum atomic E-state index is 12.6. The average molecular weight is 384 g/mol. The highest BCUT2D eigenvalue weighted by molar-refractivity contribution is 7.99. The summed E-state index contributed by atoms with van der Waals surface area (Å²) in [5.74, 6) is 3.72. The summed E-state index contributed by atoms with van der Waals surface area (Å²) >= 11 is 1.40. The van der Waals surface area contributed by atoms with Crippen LogP contribution in [0.25, 0.3) is 5.69 Å². The van der Waals surface area contributed by atoms with Crippen molar-refractivity contribution in [2.45, 2.75) is 50.2 Å². The van der Waals surface area contributed by atoms with Crippen LogP contribution in [0.3, 0.4) is 0 Å². The van der Waals surface area contributed by atoms with Crippen molar-refractivity contribution in [1.82, 2.24) is 25.5 Å². The van der Waals surface area contributed by atoms with Gasteiger partial charge in [0.1, 0.15) is 0 Å². The van der Waals surface area contributed by atoms with Crippen LogP contribution in [-0.4, -0.2) is 37.9 Å². The van der Waals surface area contributed by atoms with E-state index in [-0.39, 0.29) is 5.91 Å². The van der Waals surface area contributed by atoms with Crippen LogP contribution in [-0.2, 0) is 4.79 Å². The molecule has 1 heterocycles. The highest BCUT2D eigenvalue weighted by Gasteiger charge is 2.48. The van der Waals surface area contributed by atoms with E-state index in [4.69, 9.17) is 0 Å². The van der Waals surface area contributed by atoms with Crippen molar-refractivity contribution < 1.29 is 4.79 Å². The number of hydrogen-bond acceptors (Lipinski definition) is 5. The van der Waals surface area contributed by atoms with Crippen molar-refractivity contribution in [3.8, 4) is 5.69 Å². The third kappa shape index (κ3) is 3.37. The van der Waals surface area contributed by atoms with Crippen molar-refractivity contribution in [2.75, 3.05) is 5.75 Å². The smallest absolute Gasteiger partial charge is 0.230 e. The van der Waals surface area contributed by atoms with Crippen LogP contribution in [0.15, 0.2) is 29.4 Å². The van der Waals surface area contributed by atoms with E-state index >= 15 is 0 Å². The fraction of sp³-hybridized carbons (Fsp3) is 0.600. The highest BCUT2D eigenvalue weighted by atomic mass is 32.2. The Morgan fingerprint density at radius 1 is 1.11 bits per heavy atom. The van der Waals surface area contributed by atoms with Gasteiger partial charge in [-0.15, -0.1) is 5.10 Å². The van der Waals surface area contributed by atoms with Gasteiger partial charge in [0.05, 0.1) is 11.4 Å². The van der Waals surface area contributed by atoms with Crippen molar-refractivity contribution in [3.63, 3.8) is 0 Å². The first kappa shape index (κ1) is 17.2. The van der Waals surface area contributed by atoms with Gasteiger partial charge in [-0.2, -0.15) is 4.68 Å². The molecule has 0 aliphatic heterocycles. The number of aromatic nitrogens is 4. The molecule has 4 aliphatic carbocycles. The van der Waals surface area contributed by atoms with E-state index in [9.17, 15) is 4.79 Å². The van der Waals surface area contributed by atoms with E-state index in [2.05, 4.69) is 20.8 Å². The van der Waals surface area contributed by atoms with Gasteiger partial charge in [0.25, 0.3) is 0 Å². The zero-order valence-electron chi connectivity index (χ0n) is 15.5. The van der Waals surface area contributed by atoms with Crippen LogP contribution in [0, 0.1) is 30.6 Å². The van der Waals surface area contributed by atoms with E-state index in [0.29, 0.717) is 28.8 Å². The zero-order chi connectivity index (χ0) is 18.4. The van der Waals surface area contributed by atoms with Crippen LogP contribution in [0.5, 0.6) is 0 Å². The second-order valence-electron chi connectivity index (χ2n) is 8.52. The van der Waals surface area contributed by atoms with Gasteiger partial charge >= 0.3 is 0 Å². The molecule has 4 fully saturated rings. The lowest BCUT2D eigenvalue weighted by atomic mass is 9.54. The van der Waals surface area contributed by atoms with E-state index in [1.807, 2.05) is 31.2 Å². The number of carbonyl (C=O) groups excluding carboxylic acids is 1. The fourth-order valence-electron chi connectivity index (χ4n) is 5.64. The topological polar surface area (TPSA) is 72.7 Å². The Balaban J connectivity index is 1.21. The number of rotatable bonds is 5. The number of benzene rings is 1. The van der Waals surface area contributed by atoms with Gasteiger partial charge in [-0.05, 0) is 85.3 Å². The monoisotopic (exact) mass is 383 g/mol. The van der Waals surface area contributed by atoms with Crippen LogP contribution >= 0.6 is 11.8 Å². The molecule has 4 saturated carbocycles. The highest BCUT2D eigenvalue weighted by Crippen LogP contribution is 2.53. The normalized spacial score (nSPS) is 31.2. The number of hydrogen-bond donors (Lipinski definition) is 1. The molecule has 6 rings (SSSR count). The molecule has 6 nitrogen and oxygen atoms in total. The van der Waals surface area contributed by atoms with Crippen molar-refractivity contribution >= 4 is 17.7 Å². The molecule has 1 aromatic carbocycles. The molecule has 2 aromatic rings.